The number of hydrogen-bond donors (Lipinski definition) is 4. The molecule has 0 aliphatic carbocycles. The van der Waals surface area contributed by atoms with Crippen LogP contribution in [0.25, 0.3) is 10.9 Å². The van der Waals surface area contributed by atoms with E-state index >= 15 is 0 Å². The zero-order valence-electron chi connectivity index (χ0n) is 19.7. The average Bonchev–Trinajstić information content (AvgIpc) is 3.16. The van der Waals surface area contributed by atoms with Crippen LogP contribution >= 0.6 is 0 Å². The monoisotopic (exact) mass is 439 g/mol. The van der Waals surface area contributed by atoms with Gasteiger partial charge in [0, 0.05) is 42.9 Å². The first-order valence-corrected chi connectivity index (χ1v) is 11.4. The largest absolute Gasteiger partial charge is 0.492 e. The van der Waals surface area contributed by atoms with Gasteiger partial charge in [0.1, 0.15) is 18.6 Å². The highest BCUT2D eigenvalue weighted by molar-refractivity contribution is 5.84. The number of aliphatic hydroxyl groups is 2. The summed E-state index contributed by atoms with van der Waals surface area (Å²) in [5.74, 6) is 0.984. The number of nitrogens with two attached hydrogens (primary N) is 1. The number of hydrogen-bond acceptors (Lipinski definition) is 5. The number of rotatable bonds is 11. The molecular formula is C26H37N3O3. The molecule has 32 heavy (non-hydrogen) atoms. The molecular weight excluding hydrogens is 402 g/mol. The molecule has 0 spiro atoms. The molecule has 0 saturated heterocycles. The van der Waals surface area contributed by atoms with Gasteiger partial charge < -0.3 is 30.6 Å². The second-order valence-electron chi connectivity index (χ2n) is 8.72. The quantitative estimate of drug-likeness (QED) is 0.271. The summed E-state index contributed by atoms with van der Waals surface area (Å²) in [6.45, 7) is 10.6. The fourth-order valence-corrected chi connectivity index (χ4v) is 4.25. The van der Waals surface area contributed by atoms with Crippen molar-refractivity contribution in [2.45, 2.75) is 59.4 Å². The number of aromatic nitrogens is 1. The second kappa shape index (κ2) is 11.0. The Labute approximate surface area is 191 Å². The molecule has 174 valence electrons. The number of aliphatic hydroxyl groups excluding tert-OH is 2. The highest BCUT2D eigenvalue weighted by Crippen LogP contribution is 2.27. The molecule has 0 radical (unpaired) electrons. The van der Waals surface area contributed by atoms with Crippen molar-refractivity contribution in [3.8, 4) is 5.75 Å². The van der Waals surface area contributed by atoms with Crippen LogP contribution in [0.4, 0.5) is 0 Å². The topological polar surface area (TPSA) is 92.7 Å². The van der Waals surface area contributed by atoms with Crippen LogP contribution in [0.15, 0.2) is 36.5 Å². The minimum absolute atomic E-state index is 0.133. The Hall–Kier alpha value is -2.38. The molecule has 0 aliphatic heterocycles. The molecule has 5 N–H and O–H groups in total. The van der Waals surface area contributed by atoms with Crippen molar-refractivity contribution < 1.29 is 14.9 Å². The summed E-state index contributed by atoms with van der Waals surface area (Å²) in [7, 11) is 0. The number of aryl methyl sites for hydroxylation is 3. The van der Waals surface area contributed by atoms with Crippen LogP contribution in [0.2, 0.25) is 0 Å². The van der Waals surface area contributed by atoms with Gasteiger partial charge in [-0.25, -0.2) is 0 Å². The van der Waals surface area contributed by atoms with E-state index in [1.54, 1.807) is 0 Å². The van der Waals surface area contributed by atoms with Gasteiger partial charge in [-0.15, -0.1) is 0 Å². The Morgan fingerprint density at radius 3 is 2.59 bits per heavy atom. The number of nitrogens with one attached hydrogen (secondary N) is 1. The maximum Gasteiger partial charge on any atom is 0.130 e. The molecule has 1 heterocycles. The van der Waals surface area contributed by atoms with Gasteiger partial charge in [0.2, 0.25) is 0 Å². The van der Waals surface area contributed by atoms with Gasteiger partial charge in [0.25, 0.3) is 0 Å². The van der Waals surface area contributed by atoms with Gasteiger partial charge in [0.05, 0.1) is 5.52 Å². The third-order valence-electron chi connectivity index (χ3n) is 6.08. The van der Waals surface area contributed by atoms with Crippen molar-refractivity contribution in [2.24, 2.45) is 5.73 Å². The lowest BCUT2D eigenvalue weighted by Gasteiger charge is -2.18. The molecule has 6 nitrogen and oxygen atoms in total. The molecule has 2 atom stereocenters. The smallest absolute Gasteiger partial charge is 0.130 e. The van der Waals surface area contributed by atoms with Crippen molar-refractivity contribution in [1.82, 2.24) is 9.88 Å². The van der Waals surface area contributed by atoms with Crippen LogP contribution in [-0.4, -0.2) is 40.6 Å². The van der Waals surface area contributed by atoms with E-state index in [2.05, 4.69) is 55.8 Å². The molecule has 2 aromatic carbocycles. The molecule has 6 heteroatoms. The van der Waals surface area contributed by atoms with Crippen molar-refractivity contribution >= 4 is 10.9 Å². The summed E-state index contributed by atoms with van der Waals surface area (Å²) in [5, 5.41) is 23.9. The van der Waals surface area contributed by atoms with Crippen molar-refractivity contribution in [2.75, 3.05) is 19.8 Å². The molecule has 3 rings (SSSR count). The molecule has 0 amide bonds. The lowest BCUT2D eigenvalue weighted by Crippen LogP contribution is -2.32. The number of nitrogens with zero attached hydrogens (tertiary/aromatic N) is 1. The molecule has 0 saturated carbocycles. The summed E-state index contributed by atoms with van der Waals surface area (Å²) in [6, 6.07) is 10.7. The van der Waals surface area contributed by atoms with Crippen LogP contribution in [0.3, 0.4) is 0 Å². The summed E-state index contributed by atoms with van der Waals surface area (Å²) in [6.07, 6.45) is 2.43. The summed E-state index contributed by atoms with van der Waals surface area (Å²) in [5.41, 5.74) is 12.3. The zero-order valence-corrected chi connectivity index (χ0v) is 19.7. The third-order valence-corrected chi connectivity index (χ3v) is 6.08. The fourth-order valence-electron chi connectivity index (χ4n) is 4.25. The molecule has 0 fully saturated rings. The first kappa shape index (κ1) is 24.3. The van der Waals surface area contributed by atoms with E-state index in [1.165, 1.54) is 11.1 Å². The van der Waals surface area contributed by atoms with E-state index in [1.807, 2.05) is 18.3 Å². The molecule has 0 bridgehead atoms. The Balaban J connectivity index is 1.62. The SMILES string of the molecule is Cc1ccc(C)c(OCCNC(C)Cc2cc(C(N)O)c3c(ccn3CCCO)c2)c1C. The van der Waals surface area contributed by atoms with E-state index < -0.39 is 6.23 Å². The van der Waals surface area contributed by atoms with Gasteiger partial charge in [-0.2, -0.15) is 0 Å². The standard InChI is InChI=1S/C26H37N3O3/c1-17-6-7-18(2)25(20(17)4)32-13-9-28-19(3)14-21-15-22-8-11-29(10-5-12-30)24(22)23(16-21)26(27)31/h6-8,11,15-16,19,26,28,30-31H,5,9-10,12-14,27H2,1-4H3. The van der Waals surface area contributed by atoms with E-state index in [-0.39, 0.29) is 12.6 Å². The van der Waals surface area contributed by atoms with Crippen LogP contribution in [0, 0.1) is 20.8 Å². The van der Waals surface area contributed by atoms with Crippen molar-refractivity contribution in [1.29, 1.82) is 0 Å². The minimum Gasteiger partial charge on any atom is -0.492 e. The van der Waals surface area contributed by atoms with Gasteiger partial charge in [-0.05, 0) is 81.0 Å². The minimum atomic E-state index is -1.04. The van der Waals surface area contributed by atoms with Gasteiger partial charge in [-0.3, -0.25) is 0 Å². The first-order chi connectivity index (χ1) is 15.3. The number of benzene rings is 2. The number of ether oxygens (including phenoxy) is 1. The normalized spacial score (nSPS) is 13.5. The average molecular weight is 440 g/mol. The fraction of sp³-hybridized carbons (Fsp3) is 0.462. The molecule has 2 unspecified atom stereocenters. The maximum absolute atomic E-state index is 10.2. The van der Waals surface area contributed by atoms with E-state index in [4.69, 9.17) is 15.6 Å². The second-order valence-corrected chi connectivity index (χ2v) is 8.72. The molecule has 3 aromatic rings. The Kier molecular flexibility index (Phi) is 8.32. The highest BCUT2D eigenvalue weighted by atomic mass is 16.5. The van der Waals surface area contributed by atoms with Crippen LogP contribution < -0.4 is 15.8 Å². The van der Waals surface area contributed by atoms with Crippen LogP contribution in [-0.2, 0) is 13.0 Å². The molecule has 0 aliphatic rings. The van der Waals surface area contributed by atoms with E-state index in [9.17, 15) is 5.11 Å². The predicted molar refractivity (Wildman–Crippen MR) is 130 cm³/mol. The highest BCUT2D eigenvalue weighted by Gasteiger charge is 2.15. The summed E-state index contributed by atoms with van der Waals surface area (Å²) in [4.78, 5) is 0. The summed E-state index contributed by atoms with van der Waals surface area (Å²) >= 11 is 0. The van der Waals surface area contributed by atoms with Crippen molar-refractivity contribution in [3.05, 3.63) is 64.3 Å². The lowest BCUT2D eigenvalue weighted by atomic mass is 10.0. The Morgan fingerprint density at radius 1 is 1.12 bits per heavy atom. The Bertz CT molecular complexity index is 1040. The van der Waals surface area contributed by atoms with E-state index in [0.29, 0.717) is 19.6 Å². The maximum atomic E-state index is 10.2. The first-order valence-electron chi connectivity index (χ1n) is 11.4. The predicted octanol–water partition coefficient (Wildman–Crippen LogP) is 3.50. The van der Waals surface area contributed by atoms with Gasteiger partial charge in [0.15, 0.2) is 0 Å². The third kappa shape index (κ3) is 5.70. The van der Waals surface area contributed by atoms with Gasteiger partial charge >= 0.3 is 0 Å². The lowest BCUT2D eigenvalue weighted by molar-refractivity contribution is 0.187. The number of fused-ring (bicyclic) bond motifs is 1. The van der Waals surface area contributed by atoms with Gasteiger partial charge in [-0.1, -0.05) is 12.1 Å². The van der Waals surface area contributed by atoms with E-state index in [0.717, 1.165) is 46.3 Å². The van der Waals surface area contributed by atoms with Crippen LogP contribution in [0.5, 0.6) is 5.75 Å². The molecule has 1 aromatic heterocycles. The Morgan fingerprint density at radius 2 is 1.88 bits per heavy atom. The van der Waals surface area contributed by atoms with Crippen LogP contribution in [0.1, 0.15) is 47.4 Å². The summed E-state index contributed by atoms with van der Waals surface area (Å²) < 4.78 is 8.11. The zero-order chi connectivity index (χ0) is 23.3. The van der Waals surface area contributed by atoms with Crippen molar-refractivity contribution in [3.63, 3.8) is 0 Å².